The van der Waals surface area contributed by atoms with Crippen molar-refractivity contribution in [2.75, 3.05) is 26.0 Å². The molecule has 2 rings (SSSR count). The van der Waals surface area contributed by atoms with Gasteiger partial charge in [-0.3, -0.25) is 0 Å². The normalized spacial score (nSPS) is 10.1. The van der Waals surface area contributed by atoms with Crippen LogP contribution in [0, 0.1) is 6.92 Å². The first-order valence-corrected chi connectivity index (χ1v) is 7.31. The maximum Gasteiger partial charge on any atom is 0.321 e. The third-order valence-corrected chi connectivity index (χ3v) is 3.27. The Kier molecular flexibility index (Phi) is 5.42. The van der Waals surface area contributed by atoms with E-state index in [0.717, 1.165) is 17.9 Å². The number of rotatable bonds is 5. The zero-order valence-electron chi connectivity index (χ0n) is 13.3. The number of ether oxygens (including phenoxy) is 1. The Morgan fingerprint density at radius 1 is 1.14 bits per heavy atom. The largest absolute Gasteiger partial charge is 0.493 e. The molecule has 0 spiro atoms. The Morgan fingerprint density at radius 2 is 1.86 bits per heavy atom. The standard InChI is InChI=1S/C18H22N2O2/c1-14-7-9-15(10-8-14)11-12-22-17-6-4-5-16(13-17)19-18(21)20(2)3/h4-10,13H,11-12H2,1-3H3,(H,19,21). The summed E-state index contributed by atoms with van der Waals surface area (Å²) in [6, 6.07) is 15.7. The first-order valence-electron chi connectivity index (χ1n) is 7.31. The molecular weight excluding hydrogens is 276 g/mol. The van der Waals surface area contributed by atoms with E-state index in [1.165, 1.54) is 16.0 Å². The average Bonchev–Trinajstić information content (AvgIpc) is 2.49. The van der Waals surface area contributed by atoms with Crippen molar-refractivity contribution in [1.29, 1.82) is 0 Å². The van der Waals surface area contributed by atoms with E-state index < -0.39 is 0 Å². The third kappa shape index (κ3) is 4.81. The number of benzene rings is 2. The smallest absolute Gasteiger partial charge is 0.321 e. The molecule has 0 heterocycles. The van der Waals surface area contributed by atoms with Crippen LogP contribution >= 0.6 is 0 Å². The van der Waals surface area contributed by atoms with Gasteiger partial charge in [0.25, 0.3) is 0 Å². The van der Waals surface area contributed by atoms with Crippen LogP contribution in [-0.4, -0.2) is 31.6 Å². The van der Waals surface area contributed by atoms with Gasteiger partial charge in [0.2, 0.25) is 0 Å². The van der Waals surface area contributed by atoms with Gasteiger partial charge in [0.15, 0.2) is 0 Å². The summed E-state index contributed by atoms with van der Waals surface area (Å²) in [6.45, 7) is 2.68. The third-order valence-electron chi connectivity index (χ3n) is 3.27. The number of carbonyl (C=O) groups excluding carboxylic acids is 1. The van der Waals surface area contributed by atoms with Gasteiger partial charge in [-0.15, -0.1) is 0 Å². The Bertz CT molecular complexity index is 621. The summed E-state index contributed by atoms with van der Waals surface area (Å²) in [5.41, 5.74) is 3.24. The van der Waals surface area contributed by atoms with Gasteiger partial charge >= 0.3 is 6.03 Å². The van der Waals surface area contributed by atoms with Gasteiger partial charge in [-0.1, -0.05) is 35.9 Å². The van der Waals surface area contributed by atoms with Gasteiger partial charge in [0.05, 0.1) is 6.61 Å². The van der Waals surface area contributed by atoms with Crippen molar-refractivity contribution >= 4 is 11.7 Å². The molecule has 0 aromatic heterocycles. The van der Waals surface area contributed by atoms with Crippen LogP contribution < -0.4 is 10.1 Å². The fourth-order valence-electron chi connectivity index (χ4n) is 1.94. The molecule has 0 saturated heterocycles. The zero-order chi connectivity index (χ0) is 15.9. The Morgan fingerprint density at radius 3 is 2.55 bits per heavy atom. The van der Waals surface area contributed by atoms with E-state index in [-0.39, 0.29) is 6.03 Å². The number of urea groups is 1. The summed E-state index contributed by atoms with van der Waals surface area (Å²) in [5.74, 6) is 0.753. The van der Waals surface area contributed by atoms with Crippen molar-refractivity contribution in [3.05, 3.63) is 59.7 Å². The van der Waals surface area contributed by atoms with Crippen LogP contribution in [0.25, 0.3) is 0 Å². The number of amides is 2. The number of nitrogens with zero attached hydrogens (tertiary/aromatic N) is 1. The molecule has 0 aliphatic heterocycles. The minimum atomic E-state index is -0.156. The summed E-state index contributed by atoms with van der Waals surface area (Å²) in [4.78, 5) is 13.1. The fourth-order valence-corrected chi connectivity index (χ4v) is 1.94. The van der Waals surface area contributed by atoms with E-state index in [1.54, 1.807) is 14.1 Å². The van der Waals surface area contributed by atoms with E-state index in [2.05, 4.69) is 36.5 Å². The molecule has 0 aliphatic carbocycles. The number of hydrogen-bond acceptors (Lipinski definition) is 2. The van der Waals surface area contributed by atoms with Crippen LogP contribution in [0.3, 0.4) is 0 Å². The summed E-state index contributed by atoms with van der Waals surface area (Å²) < 4.78 is 5.76. The summed E-state index contributed by atoms with van der Waals surface area (Å²) in [6.07, 6.45) is 0.856. The molecular formula is C18H22N2O2. The molecule has 2 amide bonds. The van der Waals surface area contributed by atoms with Crippen LogP contribution in [-0.2, 0) is 6.42 Å². The van der Waals surface area contributed by atoms with E-state index in [1.807, 2.05) is 24.3 Å². The van der Waals surface area contributed by atoms with Crippen molar-refractivity contribution in [3.8, 4) is 5.75 Å². The second-order valence-electron chi connectivity index (χ2n) is 5.44. The monoisotopic (exact) mass is 298 g/mol. The molecule has 0 aliphatic rings. The van der Waals surface area contributed by atoms with E-state index in [4.69, 9.17) is 4.74 Å². The second kappa shape index (κ2) is 7.50. The first-order chi connectivity index (χ1) is 10.5. The Hall–Kier alpha value is -2.49. The first kappa shape index (κ1) is 15.9. The highest BCUT2D eigenvalue weighted by Gasteiger charge is 2.04. The van der Waals surface area contributed by atoms with E-state index in [9.17, 15) is 4.79 Å². The van der Waals surface area contributed by atoms with Gasteiger partial charge in [0.1, 0.15) is 5.75 Å². The topological polar surface area (TPSA) is 41.6 Å². The van der Waals surface area contributed by atoms with Crippen LogP contribution in [0.2, 0.25) is 0 Å². The Labute approximate surface area is 131 Å². The van der Waals surface area contributed by atoms with Crippen molar-refractivity contribution in [2.24, 2.45) is 0 Å². The molecule has 2 aromatic carbocycles. The molecule has 0 radical (unpaired) electrons. The van der Waals surface area contributed by atoms with Gasteiger partial charge in [0, 0.05) is 32.3 Å². The SMILES string of the molecule is Cc1ccc(CCOc2cccc(NC(=O)N(C)C)c2)cc1. The van der Waals surface area contributed by atoms with Crippen molar-refractivity contribution in [2.45, 2.75) is 13.3 Å². The summed E-state index contributed by atoms with van der Waals surface area (Å²) in [7, 11) is 3.41. The second-order valence-corrected chi connectivity index (χ2v) is 5.44. The molecule has 116 valence electrons. The fraction of sp³-hybridized carbons (Fsp3) is 0.278. The Balaban J connectivity index is 1.87. The van der Waals surface area contributed by atoms with Crippen LogP contribution in [0.1, 0.15) is 11.1 Å². The highest BCUT2D eigenvalue weighted by molar-refractivity contribution is 5.89. The molecule has 1 N–H and O–H groups in total. The molecule has 22 heavy (non-hydrogen) atoms. The lowest BCUT2D eigenvalue weighted by Gasteiger charge is -2.13. The summed E-state index contributed by atoms with van der Waals surface area (Å²) >= 11 is 0. The predicted molar refractivity (Wildman–Crippen MR) is 89.5 cm³/mol. The van der Waals surface area contributed by atoms with Gasteiger partial charge in [-0.25, -0.2) is 4.79 Å². The van der Waals surface area contributed by atoms with E-state index in [0.29, 0.717) is 6.61 Å². The van der Waals surface area contributed by atoms with Crippen molar-refractivity contribution in [1.82, 2.24) is 4.90 Å². The van der Waals surface area contributed by atoms with Crippen LogP contribution in [0.15, 0.2) is 48.5 Å². The maximum absolute atomic E-state index is 11.6. The van der Waals surface area contributed by atoms with Crippen molar-refractivity contribution < 1.29 is 9.53 Å². The number of hydrogen-bond donors (Lipinski definition) is 1. The molecule has 0 unspecified atom stereocenters. The minimum Gasteiger partial charge on any atom is -0.493 e. The predicted octanol–water partition coefficient (Wildman–Crippen LogP) is 3.71. The molecule has 4 heteroatoms. The van der Waals surface area contributed by atoms with Crippen molar-refractivity contribution in [3.63, 3.8) is 0 Å². The number of carbonyl (C=O) groups is 1. The number of aryl methyl sites for hydroxylation is 1. The van der Waals surface area contributed by atoms with Crippen LogP contribution in [0.5, 0.6) is 5.75 Å². The highest BCUT2D eigenvalue weighted by Crippen LogP contribution is 2.18. The molecule has 0 saturated carbocycles. The highest BCUT2D eigenvalue weighted by atomic mass is 16.5. The molecule has 0 fully saturated rings. The average molecular weight is 298 g/mol. The lowest BCUT2D eigenvalue weighted by molar-refractivity contribution is 0.230. The maximum atomic E-state index is 11.6. The summed E-state index contributed by atoms with van der Waals surface area (Å²) in [5, 5.41) is 2.80. The molecule has 0 bridgehead atoms. The lowest BCUT2D eigenvalue weighted by atomic mass is 10.1. The minimum absolute atomic E-state index is 0.156. The van der Waals surface area contributed by atoms with Gasteiger partial charge in [-0.2, -0.15) is 0 Å². The molecule has 2 aromatic rings. The quantitative estimate of drug-likeness (QED) is 0.914. The molecule has 4 nitrogen and oxygen atoms in total. The lowest BCUT2D eigenvalue weighted by Crippen LogP contribution is -2.27. The van der Waals surface area contributed by atoms with Gasteiger partial charge < -0.3 is 15.0 Å². The molecule has 0 atom stereocenters. The van der Waals surface area contributed by atoms with Gasteiger partial charge in [-0.05, 0) is 24.6 Å². The van der Waals surface area contributed by atoms with E-state index >= 15 is 0 Å². The zero-order valence-corrected chi connectivity index (χ0v) is 13.3. The van der Waals surface area contributed by atoms with Crippen LogP contribution in [0.4, 0.5) is 10.5 Å². The number of anilines is 1. The number of nitrogens with one attached hydrogen (secondary N) is 1.